The third kappa shape index (κ3) is 7.31. The molecule has 0 unspecified atom stereocenters. The smallest absolute Gasteiger partial charge is 0.334 e. The number of esters is 2. The summed E-state index contributed by atoms with van der Waals surface area (Å²) in [7, 11) is 0. The van der Waals surface area contributed by atoms with Gasteiger partial charge in [0.15, 0.2) is 0 Å². The first-order valence-corrected chi connectivity index (χ1v) is 8.22. The fourth-order valence-electron chi connectivity index (χ4n) is 1.90. The van der Waals surface area contributed by atoms with Gasteiger partial charge in [0.2, 0.25) is 0 Å². The van der Waals surface area contributed by atoms with E-state index in [-0.39, 0.29) is 25.2 Å². The van der Waals surface area contributed by atoms with Crippen molar-refractivity contribution >= 4 is 18.0 Å². The number of benzene rings is 1. The second-order valence-corrected chi connectivity index (χ2v) is 5.65. The fourth-order valence-corrected chi connectivity index (χ4v) is 1.90. The summed E-state index contributed by atoms with van der Waals surface area (Å²) in [5.74, 6) is 0.257. The second-order valence-electron chi connectivity index (χ2n) is 5.65. The number of rotatable bonds is 9. The SMILES string of the molecule is CCOC(=O)CC(=Cc1ccc(OCC(C)C)cc1)C(=O)OCC. The van der Waals surface area contributed by atoms with Gasteiger partial charge in [-0.15, -0.1) is 0 Å². The van der Waals surface area contributed by atoms with E-state index in [0.29, 0.717) is 12.5 Å². The van der Waals surface area contributed by atoms with Crippen LogP contribution in [0.25, 0.3) is 6.08 Å². The van der Waals surface area contributed by atoms with Gasteiger partial charge in [0.1, 0.15) is 5.75 Å². The minimum absolute atomic E-state index is 0.113. The minimum atomic E-state index is -0.509. The molecule has 0 radical (unpaired) electrons. The van der Waals surface area contributed by atoms with Gasteiger partial charge in [0.05, 0.1) is 26.2 Å². The number of ether oxygens (including phenoxy) is 3. The Hall–Kier alpha value is -2.30. The zero-order valence-electron chi connectivity index (χ0n) is 14.8. The Balaban J connectivity index is 2.87. The van der Waals surface area contributed by atoms with E-state index >= 15 is 0 Å². The van der Waals surface area contributed by atoms with Crippen molar-refractivity contribution in [2.75, 3.05) is 19.8 Å². The van der Waals surface area contributed by atoms with Gasteiger partial charge < -0.3 is 14.2 Å². The minimum Gasteiger partial charge on any atom is -0.493 e. The maximum absolute atomic E-state index is 12.0. The third-order valence-electron chi connectivity index (χ3n) is 2.98. The van der Waals surface area contributed by atoms with E-state index in [4.69, 9.17) is 14.2 Å². The van der Waals surface area contributed by atoms with Crippen molar-refractivity contribution in [3.8, 4) is 5.75 Å². The molecular weight excluding hydrogens is 308 g/mol. The molecule has 0 amide bonds. The summed E-state index contributed by atoms with van der Waals surface area (Å²) >= 11 is 0. The van der Waals surface area contributed by atoms with E-state index in [2.05, 4.69) is 13.8 Å². The van der Waals surface area contributed by atoms with Crippen molar-refractivity contribution in [3.63, 3.8) is 0 Å². The van der Waals surface area contributed by atoms with Crippen molar-refractivity contribution < 1.29 is 23.8 Å². The fraction of sp³-hybridized carbons (Fsp3) is 0.474. The zero-order valence-corrected chi connectivity index (χ0v) is 14.8. The molecule has 0 spiro atoms. The molecule has 0 saturated carbocycles. The molecule has 1 aromatic carbocycles. The zero-order chi connectivity index (χ0) is 17.9. The normalized spacial score (nSPS) is 11.3. The predicted molar refractivity (Wildman–Crippen MR) is 92.6 cm³/mol. The number of carbonyl (C=O) groups is 2. The lowest BCUT2D eigenvalue weighted by Gasteiger charge is -2.09. The highest BCUT2D eigenvalue weighted by molar-refractivity contribution is 5.98. The van der Waals surface area contributed by atoms with Crippen LogP contribution in [0.15, 0.2) is 29.8 Å². The van der Waals surface area contributed by atoms with E-state index in [1.54, 1.807) is 19.9 Å². The first kappa shape index (κ1) is 19.7. The van der Waals surface area contributed by atoms with E-state index in [0.717, 1.165) is 11.3 Å². The standard InChI is InChI=1S/C19H26O5/c1-5-22-18(20)12-16(19(21)23-6-2)11-15-7-9-17(10-8-15)24-13-14(3)4/h7-11,14H,5-6,12-13H2,1-4H3. The van der Waals surface area contributed by atoms with Crippen molar-refractivity contribution in [1.82, 2.24) is 0 Å². The van der Waals surface area contributed by atoms with Gasteiger partial charge in [-0.3, -0.25) is 4.79 Å². The van der Waals surface area contributed by atoms with Gasteiger partial charge >= 0.3 is 11.9 Å². The summed E-state index contributed by atoms with van der Waals surface area (Å²) in [6.07, 6.45) is 1.53. The van der Waals surface area contributed by atoms with Crippen LogP contribution in [-0.4, -0.2) is 31.8 Å². The molecule has 132 valence electrons. The van der Waals surface area contributed by atoms with Crippen molar-refractivity contribution in [2.24, 2.45) is 5.92 Å². The Kier molecular flexibility index (Phi) is 8.61. The molecule has 0 aliphatic heterocycles. The van der Waals surface area contributed by atoms with Crippen molar-refractivity contribution in [1.29, 1.82) is 0 Å². The molecule has 0 saturated heterocycles. The Morgan fingerprint density at radius 3 is 2.21 bits per heavy atom. The number of hydrogen-bond acceptors (Lipinski definition) is 5. The monoisotopic (exact) mass is 334 g/mol. The lowest BCUT2D eigenvalue weighted by molar-refractivity contribution is -0.145. The third-order valence-corrected chi connectivity index (χ3v) is 2.98. The van der Waals surface area contributed by atoms with Gasteiger partial charge in [-0.2, -0.15) is 0 Å². The molecule has 0 atom stereocenters. The van der Waals surface area contributed by atoms with Gasteiger partial charge in [0.25, 0.3) is 0 Å². The van der Waals surface area contributed by atoms with Crippen molar-refractivity contribution in [2.45, 2.75) is 34.1 Å². The largest absolute Gasteiger partial charge is 0.493 e. The average Bonchev–Trinajstić information content (AvgIpc) is 2.54. The maximum atomic E-state index is 12.0. The van der Waals surface area contributed by atoms with Crippen LogP contribution in [0, 0.1) is 5.92 Å². The highest BCUT2D eigenvalue weighted by Crippen LogP contribution is 2.17. The second kappa shape index (κ2) is 10.5. The molecular formula is C19H26O5. The molecule has 1 aromatic rings. The van der Waals surface area contributed by atoms with E-state index in [1.807, 2.05) is 24.3 Å². The van der Waals surface area contributed by atoms with Crippen molar-refractivity contribution in [3.05, 3.63) is 35.4 Å². The van der Waals surface area contributed by atoms with Gasteiger partial charge in [-0.05, 0) is 43.5 Å². The Labute approximate surface area is 143 Å². The Morgan fingerprint density at radius 1 is 1.04 bits per heavy atom. The molecule has 24 heavy (non-hydrogen) atoms. The quantitative estimate of drug-likeness (QED) is 0.510. The molecule has 0 aromatic heterocycles. The van der Waals surface area contributed by atoms with Crippen LogP contribution in [0.1, 0.15) is 39.7 Å². The van der Waals surface area contributed by atoms with Crippen LogP contribution in [0.4, 0.5) is 0 Å². The van der Waals surface area contributed by atoms with Crippen LogP contribution < -0.4 is 4.74 Å². The summed E-state index contributed by atoms with van der Waals surface area (Å²) in [4.78, 5) is 23.7. The van der Waals surface area contributed by atoms with E-state index < -0.39 is 11.9 Å². The molecule has 0 aliphatic rings. The first-order valence-electron chi connectivity index (χ1n) is 8.22. The Bertz CT molecular complexity index is 558. The summed E-state index contributed by atoms with van der Waals surface area (Å²) in [5, 5.41) is 0. The van der Waals surface area contributed by atoms with Crippen LogP contribution in [0.2, 0.25) is 0 Å². The van der Waals surface area contributed by atoms with E-state index in [1.165, 1.54) is 0 Å². The van der Waals surface area contributed by atoms with Crippen LogP contribution in [-0.2, 0) is 19.1 Å². The van der Waals surface area contributed by atoms with Crippen LogP contribution >= 0.6 is 0 Å². The van der Waals surface area contributed by atoms with E-state index in [9.17, 15) is 9.59 Å². The average molecular weight is 334 g/mol. The maximum Gasteiger partial charge on any atom is 0.334 e. The highest BCUT2D eigenvalue weighted by atomic mass is 16.5. The molecule has 1 rings (SSSR count). The molecule has 5 nitrogen and oxygen atoms in total. The highest BCUT2D eigenvalue weighted by Gasteiger charge is 2.16. The summed E-state index contributed by atoms with van der Waals surface area (Å²) in [6, 6.07) is 7.34. The first-order chi connectivity index (χ1) is 11.5. The van der Waals surface area contributed by atoms with Gasteiger partial charge in [-0.25, -0.2) is 4.79 Å². The molecule has 0 fully saturated rings. The molecule has 0 heterocycles. The molecule has 0 N–H and O–H groups in total. The predicted octanol–water partition coefficient (Wildman–Crippen LogP) is 3.62. The summed E-state index contributed by atoms with van der Waals surface area (Å²) in [6.45, 7) is 8.78. The molecule has 0 bridgehead atoms. The summed E-state index contributed by atoms with van der Waals surface area (Å²) < 4.78 is 15.5. The van der Waals surface area contributed by atoms with Crippen LogP contribution in [0.3, 0.4) is 0 Å². The Morgan fingerprint density at radius 2 is 1.67 bits per heavy atom. The van der Waals surface area contributed by atoms with Gasteiger partial charge in [0, 0.05) is 5.57 Å². The lowest BCUT2D eigenvalue weighted by atomic mass is 10.1. The van der Waals surface area contributed by atoms with Gasteiger partial charge in [-0.1, -0.05) is 26.0 Å². The molecule has 0 aliphatic carbocycles. The lowest BCUT2D eigenvalue weighted by Crippen LogP contribution is -2.13. The number of hydrogen-bond donors (Lipinski definition) is 0. The topological polar surface area (TPSA) is 61.8 Å². The number of carbonyl (C=O) groups excluding carboxylic acids is 2. The molecule has 5 heteroatoms. The summed E-state index contributed by atoms with van der Waals surface area (Å²) in [5.41, 5.74) is 1.06. The van der Waals surface area contributed by atoms with Crippen LogP contribution in [0.5, 0.6) is 5.75 Å².